The monoisotopic (exact) mass is 496 g/mol. The molecule has 1 heterocycles. The Bertz CT molecular complexity index is 537. The molecule has 0 aliphatic carbocycles. The summed E-state index contributed by atoms with van der Waals surface area (Å²) in [6.45, 7) is 2.46. The predicted octanol–water partition coefficient (Wildman–Crippen LogP) is 3.66. The summed E-state index contributed by atoms with van der Waals surface area (Å²) in [5.74, 6) is 0.686. The van der Waals surface area contributed by atoms with Crippen molar-refractivity contribution >= 4 is 41.5 Å². The van der Waals surface area contributed by atoms with Crippen molar-refractivity contribution in [2.24, 2.45) is 12.0 Å². The second-order valence-electron chi connectivity index (χ2n) is 5.37. The van der Waals surface area contributed by atoms with Crippen molar-refractivity contribution in [3.8, 4) is 0 Å². The van der Waals surface area contributed by atoms with E-state index in [1.54, 1.807) is 0 Å². The first kappa shape index (κ1) is 24.3. The van der Waals surface area contributed by atoms with E-state index in [2.05, 4.69) is 15.0 Å². The molecule has 1 N–H and O–H groups in total. The Morgan fingerprint density at radius 1 is 1.44 bits per heavy atom. The Labute approximate surface area is 168 Å². The van der Waals surface area contributed by atoms with Crippen molar-refractivity contribution in [3.05, 3.63) is 23.0 Å². The van der Waals surface area contributed by atoms with Crippen molar-refractivity contribution < 1.29 is 17.9 Å². The first-order valence-electron chi connectivity index (χ1n) is 7.67. The van der Waals surface area contributed by atoms with E-state index in [1.807, 2.05) is 42.7 Å². The zero-order chi connectivity index (χ0) is 18.2. The third-order valence-electron chi connectivity index (χ3n) is 3.14. The van der Waals surface area contributed by atoms with Crippen LogP contribution >= 0.6 is 35.6 Å². The van der Waals surface area contributed by atoms with Crippen LogP contribution in [0.1, 0.15) is 19.0 Å². The predicted molar refractivity (Wildman–Crippen MR) is 105 cm³/mol. The molecule has 0 aromatic carbocycles. The van der Waals surface area contributed by atoms with E-state index in [0.717, 1.165) is 5.69 Å². The quantitative estimate of drug-likeness (QED) is 0.259. The van der Waals surface area contributed by atoms with Gasteiger partial charge in [-0.2, -0.15) is 13.2 Å². The topological polar surface area (TPSA) is 41.8 Å². The minimum Gasteiger partial charge on any atom is -0.372 e. The molecule has 0 unspecified atom stereocenters. The molecule has 0 aliphatic heterocycles. The number of hydrogen-bond acceptors (Lipinski definition) is 2. The van der Waals surface area contributed by atoms with Crippen molar-refractivity contribution in [1.29, 1.82) is 0 Å². The van der Waals surface area contributed by atoms with Crippen molar-refractivity contribution in [2.45, 2.75) is 26.1 Å². The van der Waals surface area contributed by atoms with Crippen LogP contribution in [-0.4, -0.2) is 55.0 Å². The van der Waals surface area contributed by atoms with E-state index >= 15 is 0 Å². The molecule has 0 amide bonds. The van der Waals surface area contributed by atoms with Gasteiger partial charge in [0.1, 0.15) is 6.61 Å². The number of nitrogens with one attached hydrogen (secondary N) is 1. The molecule has 0 saturated carbocycles. The number of hydrogen-bond donors (Lipinski definition) is 1. The number of rotatable bonds is 8. The molecule has 0 aliphatic rings. The first-order chi connectivity index (χ1) is 11.2. The molecule has 1 aromatic heterocycles. The lowest BCUT2D eigenvalue weighted by atomic mass is 10.4. The molecule has 0 saturated heterocycles. The minimum absolute atomic E-state index is 0. The lowest BCUT2D eigenvalue weighted by Crippen LogP contribution is -2.39. The van der Waals surface area contributed by atoms with Gasteiger partial charge >= 0.3 is 6.18 Å². The van der Waals surface area contributed by atoms with Crippen molar-refractivity contribution in [3.63, 3.8) is 0 Å². The highest BCUT2D eigenvalue weighted by Crippen LogP contribution is 2.15. The highest BCUT2D eigenvalue weighted by atomic mass is 127. The third kappa shape index (κ3) is 10.1. The molecule has 0 atom stereocenters. The molecule has 1 rings (SSSR count). The van der Waals surface area contributed by atoms with Gasteiger partial charge in [0.15, 0.2) is 5.96 Å². The average molecular weight is 497 g/mol. The molecular weight excluding hydrogens is 472 g/mol. The van der Waals surface area contributed by atoms with Crippen LogP contribution in [0.4, 0.5) is 13.2 Å². The number of nitrogens with zero attached hydrogens (tertiary/aromatic N) is 3. The van der Waals surface area contributed by atoms with Crippen molar-refractivity contribution in [2.75, 3.05) is 33.4 Å². The summed E-state index contributed by atoms with van der Waals surface area (Å²) in [4.78, 5) is 6.34. The molecule has 0 spiro atoms. The van der Waals surface area contributed by atoms with Crippen LogP contribution < -0.4 is 5.32 Å². The molecule has 146 valence electrons. The lowest BCUT2D eigenvalue weighted by Gasteiger charge is -2.22. The van der Waals surface area contributed by atoms with E-state index in [9.17, 15) is 13.2 Å². The third-order valence-corrected chi connectivity index (χ3v) is 3.35. The van der Waals surface area contributed by atoms with E-state index < -0.39 is 12.8 Å². The lowest BCUT2D eigenvalue weighted by molar-refractivity contribution is -0.173. The molecule has 25 heavy (non-hydrogen) atoms. The molecule has 10 heteroatoms. The fourth-order valence-corrected chi connectivity index (χ4v) is 2.32. The minimum atomic E-state index is -4.28. The van der Waals surface area contributed by atoms with Gasteiger partial charge in [0, 0.05) is 45.7 Å². The number of alkyl halides is 3. The van der Waals surface area contributed by atoms with E-state index in [0.29, 0.717) is 37.0 Å². The largest absolute Gasteiger partial charge is 0.411 e. The number of guanidine groups is 1. The van der Waals surface area contributed by atoms with Crippen LogP contribution in [0.2, 0.25) is 5.02 Å². The maximum Gasteiger partial charge on any atom is 0.411 e. The van der Waals surface area contributed by atoms with Gasteiger partial charge in [0.05, 0.1) is 11.6 Å². The molecule has 5 nitrogen and oxygen atoms in total. The summed E-state index contributed by atoms with van der Waals surface area (Å²) >= 11 is 5.97. The highest BCUT2D eigenvalue weighted by Gasteiger charge is 2.27. The van der Waals surface area contributed by atoms with Gasteiger partial charge in [-0.1, -0.05) is 11.6 Å². The van der Waals surface area contributed by atoms with Gasteiger partial charge in [-0.15, -0.1) is 24.0 Å². The Morgan fingerprint density at radius 3 is 2.64 bits per heavy atom. The van der Waals surface area contributed by atoms with Crippen LogP contribution in [0, 0.1) is 0 Å². The average Bonchev–Trinajstić information content (AvgIpc) is 2.78. The van der Waals surface area contributed by atoms with Gasteiger partial charge in [0.2, 0.25) is 0 Å². The van der Waals surface area contributed by atoms with Crippen LogP contribution in [-0.2, 0) is 18.3 Å². The van der Waals surface area contributed by atoms with E-state index in [4.69, 9.17) is 11.6 Å². The highest BCUT2D eigenvalue weighted by molar-refractivity contribution is 14.0. The summed E-state index contributed by atoms with van der Waals surface area (Å²) in [5.41, 5.74) is 1.03. The number of halogens is 5. The summed E-state index contributed by atoms with van der Waals surface area (Å²) in [6, 6.07) is 1.88. The fraction of sp³-hybridized carbons (Fsp3) is 0.667. The van der Waals surface area contributed by atoms with E-state index in [-0.39, 0.29) is 30.6 Å². The molecular formula is C15H25ClF3IN4O. The maximum atomic E-state index is 12.0. The number of ether oxygens (including phenoxy) is 1. The van der Waals surface area contributed by atoms with Crippen LogP contribution in [0.5, 0.6) is 0 Å². The standard InChI is InChI=1S/C15H24ClF3N4O.HI/c1-4-20-14(21-6-5-7-24-11-15(17,18)19)23(3)10-13-8-12(16)9-22(13)2;/h8-9H,4-7,10-11H2,1-3H3,(H,20,21);1H. The zero-order valence-electron chi connectivity index (χ0n) is 14.6. The second-order valence-corrected chi connectivity index (χ2v) is 5.81. The van der Waals surface area contributed by atoms with Gasteiger partial charge < -0.3 is 19.5 Å². The normalized spacial score (nSPS) is 12.0. The Hall–Kier alpha value is -0.680. The molecule has 0 radical (unpaired) electrons. The summed E-state index contributed by atoms with van der Waals surface area (Å²) < 4.78 is 42.4. The summed E-state index contributed by atoms with van der Waals surface area (Å²) in [6.07, 6.45) is -2.03. The molecule has 0 fully saturated rings. The van der Waals surface area contributed by atoms with Gasteiger partial charge in [-0.05, 0) is 19.4 Å². The van der Waals surface area contributed by atoms with Crippen molar-refractivity contribution in [1.82, 2.24) is 14.8 Å². The molecule has 0 bridgehead atoms. The smallest absolute Gasteiger partial charge is 0.372 e. The SMILES string of the molecule is CCNC(=NCCCOCC(F)(F)F)N(C)Cc1cc(Cl)cn1C.I. The second kappa shape index (κ2) is 11.8. The zero-order valence-corrected chi connectivity index (χ0v) is 17.7. The van der Waals surface area contributed by atoms with Crippen LogP contribution in [0.25, 0.3) is 0 Å². The van der Waals surface area contributed by atoms with Crippen LogP contribution in [0.3, 0.4) is 0 Å². The Kier molecular flexibility index (Phi) is 11.5. The Balaban J connectivity index is 0.00000576. The van der Waals surface area contributed by atoms with Crippen LogP contribution in [0.15, 0.2) is 17.3 Å². The fourth-order valence-electron chi connectivity index (χ4n) is 2.05. The summed E-state index contributed by atoms with van der Waals surface area (Å²) in [7, 11) is 3.81. The summed E-state index contributed by atoms with van der Waals surface area (Å²) in [5, 5.41) is 3.83. The molecule has 1 aromatic rings. The van der Waals surface area contributed by atoms with Gasteiger partial charge in [-0.25, -0.2) is 0 Å². The van der Waals surface area contributed by atoms with E-state index in [1.165, 1.54) is 0 Å². The van der Waals surface area contributed by atoms with Gasteiger partial charge in [0.25, 0.3) is 0 Å². The maximum absolute atomic E-state index is 12.0. The Morgan fingerprint density at radius 2 is 2.12 bits per heavy atom. The van der Waals surface area contributed by atoms with Gasteiger partial charge in [-0.3, -0.25) is 4.99 Å². The number of aliphatic imine (C=N–C) groups is 1. The first-order valence-corrected chi connectivity index (χ1v) is 8.05. The number of aryl methyl sites for hydroxylation is 1. The number of aromatic nitrogens is 1.